The predicted octanol–water partition coefficient (Wildman–Crippen LogP) is 3.53. The van der Waals surface area contributed by atoms with E-state index in [0.29, 0.717) is 0 Å². The van der Waals surface area contributed by atoms with Gasteiger partial charge < -0.3 is 0 Å². The fraction of sp³-hybridized carbons (Fsp3) is 0.800. The van der Waals surface area contributed by atoms with Crippen molar-refractivity contribution in [2.45, 2.75) is 46.0 Å². The minimum absolute atomic E-state index is 1.000. The molecule has 1 aliphatic carbocycles. The summed E-state index contributed by atoms with van der Waals surface area (Å²) in [5.41, 5.74) is 1.69. The summed E-state index contributed by atoms with van der Waals surface area (Å²) in [4.78, 5) is 0. The first kappa shape index (κ1) is 7.84. The van der Waals surface area contributed by atoms with Crippen molar-refractivity contribution in [3.63, 3.8) is 0 Å². The molecule has 58 valence electrons. The van der Waals surface area contributed by atoms with E-state index in [4.69, 9.17) is 0 Å². The van der Waals surface area contributed by atoms with E-state index in [-0.39, 0.29) is 0 Å². The zero-order valence-electron chi connectivity index (χ0n) is 7.19. The average Bonchev–Trinajstić information content (AvgIpc) is 2.05. The highest BCUT2D eigenvalue weighted by Crippen LogP contribution is 2.27. The van der Waals surface area contributed by atoms with Crippen molar-refractivity contribution in [3.05, 3.63) is 11.6 Å². The van der Waals surface area contributed by atoms with Crippen molar-refractivity contribution in [1.29, 1.82) is 0 Å². The molecule has 1 atom stereocenters. The second-order valence-corrected chi connectivity index (χ2v) is 3.27. The zero-order chi connectivity index (χ0) is 7.40. The van der Waals surface area contributed by atoms with Gasteiger partial charge in [-0.25, -0.2) is 0 Å². The average molecular weight is 138 g/mol. The van der Waals surface area contributed by atoms with Gasteiger partial charge in [0.25, 0.3) is 0 Å². The van der Waals surface area contributed by atoms with Gasteiger partial charge in [-0.2, -0.15) is 0 Å². The van der Waals surface area contributed by atoms with Gasteiger partial charge in [0.2, 0.25) is 0 Å². The molecule has 0 radical (unpaired) electrons. The molecule has 0 aromatic rings. The van der Waals surface area contributed by atoms with Crippen LogP contribution >= 0.6 is 0 Å². The Labute approximate surface area is 64.3 Å². The molecule has 0 amide bonds. The van der Waals surface area contributed by atoms with E-state index in [9.17, 15) is 0 Å². The Bertz CT molecular complexity index is 122. The molecule has 0 nitrogen and oxygen atoms in total. The van der Waals surface area contributed by atoms with Crippen LogP contribution in [0, 0.1) is 5.92 Å². The molecule has 0 heteroatoms. The maximum atomic E-state index is 2.44. The Morgan fingerprint density at radius 2 is 2.30 bits per heavy atom. The Kier molecular flexibility index (Phi) is 2.98. The minimum atomic E-state index is 1.000. The van der Waals surface area contributed by atoms with Crippen molar-refractivity contribution in [3.8, 4) is 0 Å². The van der Waals surface area contributed by atoms with E-state index in [1.54, 1.807) is 5.57 Å². The third-order valence-corrected chi connectivity index (χ3v) is 2.59. The van der Waals surface area contributed by atoms with E-state index in [2.05, 4.69) is 19.9 Å². The van der Waals surface area contributed by atoms with Crippen LogP contribution < -0.4 is 0 Å². The number of rotatable bonds is 2. The van der Waals surface area contributed by atoms with Gasteiger partial charge in [-0.1, -0.05) is 31.9 Å². The molecule has 10 heavy (non-hydrogen) atoms. The number of allylic oxidation sites excluding steroid dienone is 2. The van der Waals surface area contributed by atoms with Crippen molar-refractivity contribution >= 4 is 0 Å². The highest BCUT2D eigenvalue weighted by atomic mass is 14.2. The van der Waals surface area contributed by atoms with Gasteiger partial charge in [0.15, 0.2) is 0 Å². The molecule has 0 spiro atoms. The van der Waals surface area contributed by atoms with E-state index in [1.807, 2.05) is 0 Å². The van der Waals surface area contributed by atoms with Crippen LogP contribution in [-0.2, 0) is 0 Å². The summed E-state index contributed by atoms with van der Waals surface area (Å²) in [7, 11) is 0. The fourth-order valence-electron chi connectivity index (χ4n) is 1.72. The van der Waals surface area contributed by atoms with Crippen LogP contribution in [0.1, 0.15) is 46.0 Å². The van der Waals surface area contributed by atoms with Crippen LogP contribution in [0.4, 0.5) is 0 Å². The molecule has 0 aromatic heterocycles. The van der Waals surface area contributed by atoms with Crippen molar-refractivity contribution in [2.75, 3.05) is 0 Å². The molecule has 1 aliphatic rings. The van der Waals surface area contributed by atoms with Gasteiger partial charge >= 0.3 is 0 Å². The monoisotopic (exact) mass is 138 g/mol. The molecule has 1 rings (SSSR count). The highest BCUT2D eigenvalue weighted by molar-refractivity contribution is 5.05. The Hall–Kier alpha value is -0.260. The third-order valence-electron chi connectivity index (χ3n) is 2.59. The van der Waals surface area contributed by atoms with Gasteiger partial charge in [-0.3, -0.25) is 0 Å². The maximum absolute atomic E-state index is 2.44. The zero-order valence-corrected chi connectivity index (χ0v) is 7.19. The maximum Gasteiger partial charge on any atom is -0.0292 e. The van der Waals surface area contributed by atoms with Crippen molar-refractivity contribution < 1.29 is 0 Å². The second-order valence-electron chi connectivity index (χ2n) is 3.27. The fourth-order valence-corrected chi connectivity index (χ4v) is 1.72. The molecular weight excluding hydrogens is 120 g/mol. The summed E-state index contributed by atoms with van der Waals surface area (Å²) in [6.07, 6.45) is 9.23. The Morgan fingerprint density at radius 3 is 2.90 bits per heavy atom. The van der Waals surface area contributed by atoms with Crippen LogP contribution in [0.25, 0.3) is 0 Å². The lowest BCUT2D eigenvalue weighted by molar-refractivity contribution is 0.446. The van der Waals surface area contributed by atoms with E-state index in [1.165, 1.54) is 32.1 Å². The van der Waals surface area contributed by atoms with Gasteiger partial charge in [-0.05, 0) is 31.6 Å². The molecule has 0 saturated carbocycles. The molecule has 0 N–H and O–H groups in total. The smallest absolute Gasteiger partial charge is 0.0292 e. The lowest BCUT2D eigenvalue weighted by Crippen LogP contribution is -2.04. The highest BCUT2D eigenvalue weighted by Gasteiger charge is 2.11. The third kappa shape index (κ3) is 1.86. The topological polar surface area (TPSA) is 0 Å². The van der Waals surface area contributed by atoms with Crippen LogP contribution in [0.3, 0.4) is 0 Å². The van der Waals surface area contributed by atoms with Crippen molar-refractivity contribution in [2.24, 2.45) is 5.92 Å². The van der Waals surface area contributed by atoms with Crippen molar-refractivity contribution in [1.82, 2.24) is 0 Å². The molecule has 0 saturated heterocycles. The number of hydrogen-bond donors (Lipinski definition) is 0. The number of hydrogen-bond acceptors (Lipinski definition) is 0. The van der Waals surface area contributed by atoms with Gasteiger partial charge in [0.1, 0.15) is 0 Å². The summed E-state index contributed by atoms with van der Waals surface area (Å²) in [5, 5.41) is 0. The lowest BCUT2D eigenvalue weighted by atomic mass is 9.86. The summed E-state index contributed by atoms with van der Waals surface area (Å²) in [6, 6.07) is 0. The van der Waals surface area contributed by atoms with Gasteiger partial charge in [0.05, 0.1) is 0 Å². The molecule has 0 aromatic carbocycles. The second kappa shape index (κ2) is 3.80. The van der Waals surface area contributed by atoms with E-state index < -0.39 is 0 Å². The molecule has 0 bridgehead atoms. The summed E-state index contributed by atoms with van der Waals surface area (Å²) < 4.78 is 0. The van der Waals surface area contributed by atoms with Crippen LogP contribution in [0.2, 0.25) is 0 Å². The molecule has 0 fully saturated rings. The van der Waals surface area contributed by atoms with Crippen LogP contribution in [0.15, 0.2) is 11.6 Å². The first-order chi connectivity index (χ1) is 4.86. The van der Waals surface area contributed by atoms with Gasteiger partial charge in [0, 0.05) is 0 Å². The molecule has 0 aliphatic heterocycles. The normalized spacial score (nSPS) is 26.2. The minimum Gasteiger partial charge on any atom is -0.0853 e. The molecule has 0 heterocycles. The SMILES string of the molecule is CCC1=CCCC(CC)C1. The Morgan fingerprint density at radius 1 is 1.50 bits per heavy atom. The van der Waals surface area contributed by atoms with Gasteiger partial charge in [-0.15, -0.1) is 0 Å². The Balaban J connectivity index is 2.40. The summed E-state index contributed by atoms with van der Waals surface area (Å²) >= 11 is 0. The predicted molar refractivity (Wildman–Crippen MR) is 46.0 cm³/mol. The van der Waals surface area contributed by atoms with Crippen LogP contribution in [-0.4, -0.2) is 0 Å². The van der Waals surface area contributed by atoms with Crippen LogP contribution in [0.5, 0.6) is 0 Å². The standard InChI is InChI=1S/C10H18/c1-3-9-6-5-7-10(4-2)8-9/h6,10H,3-5,7-8H2,1-2H3. The molecule has 1 unspecified atom stereocenters. The first-order valence-corrected chi connectivity index (χ1v) is 4.54. The largest absolute Gasteiger partial charge is 0.0853 e. The van der Waals surface area contributed by atoms with E-state index >= 15 is 0 Å². The van der Waals surface area contributed by atoms with E-state index in [0.717, 1.165) is 5.92 Å². The summed E-state index contributed by atoms with van der Waals surface area (Å²) in [5.74, 6) is 1.000. The molecular formula is C10H18. The lowest BCUT2D eigenvalue weighted by Gasteiger charge is -2.20. The first-order valence-electron chi connectivity index (χ1n) is 4.54. The summed E-state index contributed by atoms with van der Waals surface area (Å²) in [6.45, 7) is 4.58. The quantitative estimate of drug-likeness (QED) is 0.512.